The Morgan fingerprint density at radius 2 is 2.13 bits per heavy atom. The second-order valence-electron chi connectivity index (χ2n) is 3.74. The predicted octanol–water partition coefficient (Wildman–Crippen LogP) is 1.97. The highest BCUT2D eigenvalue weighted by atomic mass is 35.5. The van der Waals surface area contributed by atoms with Crippen molar-refractivity contribution in [1.82, 2.24) is 10.2 Å². The molecule has 1 aliphatic carbocycles. The molecule has 2 rings (SSSR count). The molecule has 0 bridgehead atoms. The van der Waals surface area contributed by atoms with Crippen LogP contribution in [0.1, 0.15) is 12.8 Å². The average molecular weight is 248 g/mol. The number of aromatic nitrogens is 2. The molecule has 0 aromatic carbocycles. The minimum atomic E-state index is -0.133. The summed E-state index contributed by atoms with van der Waals surface area (Å²) in [6, 6.07) is 1.64. The third-order valence-corrected chi connectivity index (χ3v) is 2.97. The van der Waals surface area contributed by atoms with Crippen molar-refractivity contribution in [2.45, 2.75) is 18.9 Å². The van der Waals surface area contributed by atoms with Crippen LogP contribution in [0.2, 0.25) is 10.3 Å². The maximum absolute atomic E-state index is 9.12. The lowest BCUT2D eigenvalue weighted by Crippen LogP contribution is -2.33. The van der Waals surface area contributed by atoms with Gasteiger partial charge in [0, 0.05) is 12.6 Å². The zero-order chi connectivity index (χ0) is 10.8. The summed E-state index contributed by atoms with van der Waals surface area (Å²) in [6.45, 7) is 0.777. The first-order chi connectivity index (χ1) is 7.15. The van der Waals surface area contributed by atoms with Gasteiger partial charge in [-0.3, -0.25) is 0 Å². The highest BCUT2D eigenvalue weighted by Gasteiger charge is 2.26. The largest absolute Gasteiger partial charge is 0.393 e. The molecule has 0 radical (unpaired) electrons. The monoisotopic (exact) mass is 247 g/mol. The van der Waals surface area contributed by atoms with Crippen molar-refractivity contribution < 1.29 is 5.11 Å². The molecule has 0 atom stereocenters. The van der Waals surface area contributed by atoms with Crippen LogP contribution < -0.4 is 5.32 Å². The normalized spacial score (nSPS) is 24.7. The van der Waals surface area contributed by atoms with Crippen molar-refractivity contribution in [3.05, 3.63) is 16.4 Å². The van der Waals surface area contributed by atoms with Crippen molar-refractivity contribution in [2.75, 3.05) is 11.9 Å². The van der Waals surface area contributed by atoms with Crippen molar-refractivity contribution in [3.8, 4) is 0 Å². The van der Waals surface area contributed by atoms with Crippen LogP contribution in [-0.4, -0.2) is 28.0 Å². The standard InChI is InChI=1S/C9H11Cl2N3O/c10-8-3-7(9(11)14-13-8)12-4-5-1-6(15)2-5/h3,5-6,15H,1-2,4H2,(H,12,13). The first-order valence-corrected chi connectivity index (χ1v) is 5.51. The molecule has 82 valence electrons. The van der Waals surface area contributed by atoms with Crippen molar-refractivity contribution in [1.29, 1.82) is 0 Å². The summed E-state index contributed by atoms with van der Waals surface area (Å²) in [6.07, 6.45) is 1.56. The van der Waals surface area contributed by atoms with Crippen molar-refractivity contribution in [2.24, 2.45) is 5.92 Å². The molecule has 6 heteroatoms. The Labute approximate surface area is 97.6 Å². The molecule has 0 unspecified atom stereocenters. The smallest absolute Gasteiger partial charge is 0.174 e. The van der Waals surface area contributed by atoms with E-state index in [2.05, 4.69) is 15.5 Å². The molecule has 1 aromatic heterocycles. The molecule has 1 heterocycles. The van der Waals surface area contributed by atoms with Gasteiger partial charge in [0.25, 0.3) is 0 Å². The minimum Gasteiger partial charge on any atom is -0.393 e. The van der Waals surface area contributed by atoms with Gasteiger partial charge < -0.3 is 10.4 Å². The molecular formula is C9H11Cl2N3O. The van der Waals surface area contributed by atoms with E-state index in [9.17, 15) is 0 Å². The van der Waals surface area contributed by atoms with Crippen LogP contribution in [0.5, 0.6) is 0 Å². The second-order valence-corrected chi connectivity index (χ2v) is 4.49. The van der Waals surface area contributed by atoms with Gasteiger partial charge in [0.05, 0.1) is 11.8 Å². The zero-order valence-electron chi connectivity index (χ0n) is 7.95. The molecule has 4 nitrogen and oxygen atoms in total. The first-order valence-electron chi connectivity index (χ1n) is 4.76. The molecule has 0 spiro atoms. The predicted molar refractivity (Wildman–Crippen MR) is 59.3 cm³/mol. The molecular weight excluding hydrogens is 237 g/mol. The second kappa shape index (κ2) is 4.51. The van der Waals surface area contributed by atoms with Crippen LogP contribution in [-0.2, 0) is 0 Å². The molecule has 15 heavy (non-hydrogen) atoms. The van der Waals surface area contributed by atoms with Gasteiger partial charge in [0.15, 0.2) is 10.3 Å². The van der Waals surface area contributed by atoms with E-state index in [0.717, 1.165) is 19.4 Å². The Balaban J connectivity index is 1.90. The fraction of sp³-hybridized carbons (Fsp3) is 0.556. The quantitative estimate of drug-likeness (QED) is 0.858. The fourth-order valence-electron chi connectivity index (χ4n) is 1.60. The van der Waals surface area contributed by atoms with Gasteiger partial charge in [-0.2, -0.15) is 0 Å². The van der Waals surface area contributed by atoms with Crippen molar-refractivity contribution >= 4 is 28.9 Å². The number of halogens is 2. The van der Waals surface area contributed by atoms with Gasteiger partial charge in [-0.05, 0) is 18.8 Å². The van der Waals surface area contributed by atoms with E-state index in [4.69, 9.17) is 28.3 Å². The van der Waals surface area contributed by atoms with Crippen LogP contribution in [0.25, 0.3) is 0 Å². The highest BCUT2D eigenvalue weighted by molar-refractivity contribution is 6.33. The van der Waals surface area contributed by atoms with Crippen LogP contribution in [0.3, 0.4) is 0 Å². The molecule has 0 saturated heterocycles. The summed E-state index contributed by atoms with van der Waals surface area (Å²) in [7, 11) is 0. The summed E-state index contributed by atoms with van der Waals surface area (Å²) in [5, 5.41) is 20.2. The molecule has 2 N–H and O–H groups in total. The van der Waals surface area contributed by atoms with Gasteiger partial charge in [0.1, 0.15) is 0 Å². The van der Waals surface area contributed by atoms with E-state index in [1.807, 2.05) is 0 Å². The molecule has 1 aliphatic rings. The van der Waals surface area contributed by atoms with E-state index in [1.54, 1.807) is 6.07 Å². The molecule has 1 fully saturated rings. The number of anilines is 1. The van der Waals surface area contributed by atoms with Crippen LogP contribution in [0.4, 0.5) is 5.69 Å². The van der Waals surface area contributed by atoms with E-state index in [-0.39, 0.29) is 6.10 Å². The summed E-state index contributed by atoms with van der Waals surface area (Å²) in [5.41, 5.74) is 0.693. The first kappa shape index (κ1) is 10.9. The van der Waals surface area contributed by atoms with Gasteiger partial charge in [-0.1, -0.05) is 23.2 Å². The lowest BCUT2D eigenvalue weighted by Gasteiger charge is -2.31. The maximum atomic E-state index is 9.12. The minimum absolute atomic E-state index is 0.133. The van der Waals surface area contributed by atoms with E-state index < -0.39 is 0 Å². The van der Waals surface area contributed by atoms with Crippen LogP contribution in [0.15, 0.2) is 6.07 Å². The van der Waals surface area contributed by atoms with Crippen molar-refractivity contribution in [3.63, 3.8) is 0 Å². The molecule has 1 saturated carbocycles. The molecule has 0 amide bonds. The lowest BCUT2D eigenvalue weighted by molar-refractivity contribution is 0.0487. The van der Waals surface area contributed by atoms with Gasteiger partial charge in [-0.15, -0.1) is 10.2 Å². The summed E-state index contributed by atoms with van der Waals surface area (Å²) >= 11 is 11.5. The SMILES string of the molecule is OC1CC(CNc2cc(Cl)nnc2Cl)C1. The molecule has 1 aromatic rings. The van der Waals surface area contributed by atoms with E-state index in [0.29, 0.717) is 21.9 Å². The Morgan fingerprint density at radius 3 is 2.80 bits per heavy atom. The van der Waals surface area contributed by atoms with Gasteiger partial charge >= 0.3 is 0 Å². The number of aliphatic hydroxyl groups excluding tert-OH is 1. The Hall–Kier alpha value is -0.580. The number of rotatable bonds is 3. The van der Waals surface area contributed by atoms with Gasteiger partial charge in [0.2, 0.25) is 0 Å². The Kier molecular flexibility index (Phi) is 3.29. The Morgan fingerprint density at radius 1 is 1.40 bits per heavy atom. The number of nitrogens with zero attached hydrogens (tertiary/aromatic N) is 2. The lowest BCUT2D eigenvalue weighted by atomic mass is 9.82. The number of hydrogen-bond acceptors (Lipinski definition) is 4. The highest BCUT2D eigenvalue weighted by Crippen LogP contribution is 2.28. The zero-order valence-corrected chi connectivity index (χ0v) is 9.46. The van der Waals surface area contributed by atoms with E-state index >= 15 is 0 Å². The number of aliphatic hydroxyl groups is 1. The van der Waals surface area contributed by atoms with Crippen LogP contribution >= 0.6 is 23.2 Å². The fourth-order valence-corrected chi connectivity index (χ4v) is 1.90. The summed E-state index contributed by atoms with van der Waals surface area (Å²) in [4.78, 5) is 0. The topological polar surface area (TPSA) is 58.0 Å². The third-order valence-electron chi connectivity index (χ3n) is 2.51. The van der Waals surface area contributed by atoms with Crippen LogP contribution in [0, 0.1) is 5.92 Å². The van der Waals surface area contributed by atoms with Gasteiger partial charge in [-0.25, -0.2) is 0 Å². The average Bonchev–Trinajstić information content (AvgIpc) is 2.16. The van der Waals surface area contributed by atoms with E-state index in [1.165, 1.54) is 0 Å². The number of nitrogens with one attached hydrogen (secondary N) is 1. The summed E-state index contributed by atoms with van der Waals surface area (Å²) < 4.78 is 0. The summed E-state index contributed by atoms with van der Waals surface area (Å²) in [5.74, 6) is 0.503. The Bertz CT molecular complexity index is 355. The maximum Gasteiger partial charge on any atom is 0.174 e. The third kappa shape index (κ3) is 2.71. The molecule has 0 aliphatic heterocycles. The number of hydrogen-bond donors (Lipinski definition) is 2.